The van der Waals surface area contributed by atoms with Crippen molar-refractivity contribution in [1.82, 2.24) is 10.2 Å². The number of thioether (sulfide) groups is 1. The van der Waals surface area contributed by atoms with E-state index in [0.29, 0.717) is 62.8 Å². The molecule has 1 aromatic heterocycles. The molecule has 0 saturated carbocycles. The lowest BCUT2D eigenvalue weighted by atomic mass is 9.75. The molecule has 1 unspecified atom stereocenters. The van der Waals surface area contributed by atoms with E-state index in [1.165, 1.54) is 32.4 Å². The summed E-state index contributed by atoms with van der Waals surface area (Å²) >= 11 is 2.29. The molecule has 220 valence electrons. The van der Waals surface area contributed by atoms with Crippen molar-refractivity contribution in [3.05, 3.63) is 80.8 Å². The van der Waals surface area contributed by atoms with E-state index in [9.17, 15) is 25.0 Å². The normalized spacial score (nSPS) is 16.4. The number of nitro benzene ring substituents is 1. The van der Waals surface area contributed by atoms with Gasteiger partial charge in [0.05, 0.1) is 42.5 Å². The maximum Gasteiger partial charge on any atom is 0.271 e. The number of nitrogens with one attached hydrogen (secondary N) is 1. The average Bonchev–Trinajstić information content (AvgIpc) is 3.47. The number of nitro groups is 1. The van der Waals surface area contributed by atoms with Crippen LogP contribution in [0.25, 0.3) is 0 Å². The summed E-state index contributed by atoms with van der Waals surface area (Å²) in [5.74, 6) is -0.114. The number of hydrogen-bond acceptors (Lipinski definition) is 13. The Morgan fingerprint density at radius 3 is 2.79 bits per heavy atom. The number of nitrogens with two attached hydrogens (primary N) is 1. The number of methoxy groups -OCH3 is 2. The van der Waals surface area contributed by atoms with E-state index in [1.807, 2.05) is 0 Å². The third kappa shape index (κ3) is 5.87. The number of aromatic nitrogens is 2. The van der Waals surface area contributed by atoms with E-state index in [0.717, 1.165) is 23.1 Å². The van der Waals surface area contributed by atoms with Gasteiger partial charge in [-0.3, -0.25) is 24.6 Å². The van der Waals surface area contributed by atoms with Gasteiger partial charge in [0.15, 0.2) is 10.1 Å². The Balaban J connectivity index is 1.43. The topological polar surface area (TPSA) is 187 Å². The van der Waals surface area contributed by atoms with Crippen LogP contribution in [0.4, 0.5) is 16.5 Å². The predicted octanol–water partition coefficient (Wildman–Crippen LogP) is 4.50. The highest BCUT2D eigenvalue weighted by atomic mass is 32.2. The fourth-order valence-electron chi connectivity index (χ4n) is 5.05. The van der Waals surface area contributed by atoms with Crippen molar-refractivity contribution in [2.45, 2.75) is 29.5 Å². The number of rotatable bonds is 9. The molecule has 13 nitrogen and oxygen atoms in total. The summed E-state index contributed by atoms with van der Waals surface area (Å²) in [5.41, 5.74) is 8.66. The average molecular weight is 620 g/mol. The van der Waals surface area contributed by atoms with Gasteiger partial charge in [-0.15, -0.1) is 10.2 Å². The lowest BCUT2D eigenvalue weighted by molar-refractivity contribution is -0.384. The Kier molecular flexibility index (Phi) is 8.60. The third-order valence-corrected chi connectivity index (χ3v) is 8.96. The van der Waals surface area contributed by atoms with Crippen molar-refractivity contribution in [2.24, 2.45) is 5.73 Å². The zero-order valence-electron chi connectivity index (χ0n) is 23.0. The second kappa shape index (κ2) is 12.5. The van der Waals surface area contributed by atoms with Crippen molar-refractivity contribution in [2.75, 3.05) is 30.2 Å². The number of allylic oxidation sites excluding steroid dienone is 3. The van der Waals surface area contributed by atoms with Crippen molar-refractivity contribution < 1.29 is 24.0 Å². The monoisotopic (exact) mass is 619 g/mol. The first-order valence-corrected chi connectivity index (χ1v) is 14.7. The number of ketones is 1. The molecule has 43 heavy (non-hydrogen) atoms. The maximum absolute atomic E-state index is 13.5. The van der Waals surface area contributed by atoms with Crippen LogP contribution in [-0.2, 0) is 9.59 Å². The molecule has 1 aliphatic carbocycles. The first kappa shape index (κ1) is 29.5. The molecule has 1 aliphatic heterocycles. The molecule has 0 radical (unpaired) electrons. The summed E-state index contributed by atoms with van der Waals surface area (Å²) in [5, 5.41) is 32.8. The molecular weight excluding hydrogens is 594 g/mol. The van der Waals surface area contributed by atoms with E-state index in [-0.39, 0.29) is 34.5 Å². The van der Waals surface area contributed by atoms with E-state index >= 15 is 0 Å². The highest BCUT2D eigenvalue weighted by molar-refractivity contribution is 8.01. The Morgan fingerprint density at radius 2 is 2.07 bits per heavy atom. The number of non-ortho nitro benzene ring substituents is 1. The van der Waals surface area contributed by atoms with E-state index in [4.69, 9.17) is 15.2 Å². The molecule has 2 heterocycles. The fraction of sp³-hybridized carbons (Fsp3) is 0.250. The van der Waals surface area contributed by atoms with E-state index < -0.39 is 10.8 Å². The van der Waals surface area contributed by atoms with Crippen LogP contribution in [0.15, 0.2) is 69.5 Å². The van der Waals surface area contributed by atoms with Gasteiger partial charge in [0.25, 0.3) is 5.69 Å². The molecule has 0 bridgehead atoms. The smallest absolute Gasteiger partial charge is 0.271 e. The molecule has 0 spiro atoms. The van der Waals surface area contributed by atoms with Gasteiger partial charge in [0.1, 0.15) is 17.3 Å². The molecule has 2 aromatic carbocycles. The quantitative estimate of drug-likeness (QED) is 0.194. The minimum absolute atomic E-state index is 0.0315. The number of Topliss-reactive ketones (excluding diaryl/α,β-unsaturated/α-hetero) is 1. The van der Waals surface area contributed by atoms with Gasteiger partial charge in [-0.05, 0) is 37.1 Å². The first-order valence-electron chi connectivity index (χ1n) is 12.9. The van der Waals surface area contributed by atoms with Gasteiger partial charge >= 0.3 is 0 Å². The number of anilines is 2. The van der Waals surface area contributed by atoms with Crippen molar-refractivity contribution in [3.8, 4) is 17.6 Å². The minimum atomic E-state index is -0.756. The van der Waals surface area contributed by atoms with Gasteiger partial charge in [0.2, 0.25) is 11.0 Å². The molecular formula is C28H25N7O6S2. The predicted molar refractivity (Wildman–Crippen MR) is 160 cm³/mol. The standard InChI is InChI=1S/C28H25N7O6S2/c1-40-17-9-10-22(41-2)18(12-17)24-19(13-29)26(30)34(20-7-4-8-21(36)25(20)24)27-32-33-28(43-27)42-14-23(37)31-15-5-3-6-16(11-15)35(38)39/h3,5-6,9-12,24H,4,7-8,14,30H2,1-2H3,(H,31,37). The summed E-state index contributed by atoms with van der Waals surface area (Å²) < 4.78 is 11.5. The zero-order chi connectivity index (χ0) is 30.7. The Hall–Kier alpha value is -4.94. The van der Waals surface area contributed by atoms with Crippen LogP contribution in [0.5, 0.6) is 11.5 Å². The van der Waals surface area contributed by atoms with Gasteiger partial charge in [0, 0.05) is 41.1 Å². The molecule has 5 rings (SSSR count). The number of nitriles is 1. The highest BCUT2D eigenvalue weighted by Crippen LogP contribution is 2.49. The lowest BCUT2D eigenvalue weighted by Crippen LogP contribution is -2.38. The Labute approximate surface area is 254 Å². The van der Waals surface area contributed by atoms with Gasteiger partial charge in [-0.25, -0.2) is 0 Å². The number of nitrogens with zero attached hydrogens (tertiary/aromatic N) is 5. The van der Waals surface area contributed by atoms with E-state index in [2.05, 4.69) is 21.6 Å². The number of benzene rings is 2. The van der Waals surface area contributed by atoms with Crippen molar-refractivity contribution in [1.29, 1.82) is 5.26 Å². The van der Waals surface area contributed by atoms with Crippen LogP contribution in [0.3, 0.4) is 0 Å². The second-order valence-electron chi connectivity index (χ2n) is 9.42. The Morgan fingerprint density at radius 1 is 1.26 bits per heavy atom. The Bertz CT molecular complexity index is 1730. The number of carbonyl (C=O) groups excluding carboxylic acids is 2. The van der Waals surface area contributed by atoms with Gasteiger partial charge in [-0.2, -0.15) is 5.26 Å². The molecule has 0 fully saturated rings. The summed E-state index contributed by atoms with van der Waals surface area (Å²) in [6.45, 7) is 0. The van der Waals surface area contributed by atoms with Gasteiger partial charge < -0.3 is 20.5 Å². The molecule has 15 heteroatoms. The summed E-state index contributed by atoms with van der Waals surface area (Å²) in [6, 6.07) is 13.1. The van der Waals surface area contributed by atoms with Crippen molar-refractivity contribution in [3.63, 3.8) is 0 Å². The maximum atomic E-state index is 13.5. The zero-order valence-corrected chi connectivity index (χ0v) is 24.7. The van der Waals surface area contributed by atoms with Crippen LogP contribution >= 0.6 is 23.1 Å². The number of carbonyl (C=O) groups is 2. The van der Waals surface area contributed by atoms with Crippen LogP contribution in [0.2, 0.25) is 0 Å². The molecule has 3 N–H and O–H groups in total. The summed E-state index contributed by atoms with van der Waals surface area (Å²) in [7, 11) is 3.05. The molecule has 2 aliphatic rings. The lowest BCUT2D eigenvalue weighted by Gasteiger charge is -2.38. The molecule has 1 amide bonds. The van der Waals surface area contributed by atoms with Crippen molar-refractivity contribution >= 4 is 51.3 Å². The highest BCUT2D eigenvalue weighted by Gasteiger charge is 2.42. The first-order chi connectivity index (χ1) is 20.7. The molecule has 0 saturated heterocycles. The van der Waals surface area contributed by atoms with Crippen LogP contribution in [0, 0.1) is 21.4 Å². The van der Waals surface area contributed by atoms with Crippen LogP contribution in [0.1, 0.15) is 30.7 Å². The number of amides is 1. The van der Waals surface area contributed by atoms with Crippen LogP contribution < -0.4 is 25.4 Å². The minimum Gasteiger partial charge on any atom is -0.497 e. The third-order valence-electron chi connectivity index (χ3n) is 6.92. The molecule has 1 atom stereocenters. The molecule has 3 aromatic rings. The number of ether oxygens (including phenoxy) is 2. The van der Waals surface area contributed by atoms with Gasteiger partial charge in [-0.1, -0.05) is 29.2 Å². The van der Waals surface area contributed by atoms with Crippen LogP contribution in [-0.4, -0.2) is 46.8 Å². The second-order valence-corrected chi connectivity index (χ2v) is 11.6. The fourth-order valence-corrected chi connectivity index (χ4v) is 6.73. The summed E-state index contributed by atoms with van der Waals surface area (Å²) in [4.78, 5) is 38.0. The summed E-state index contributed by atoms with van der Waals surface area (Å²) in [6.07, 6.45) is 1.45. The number of hydrogen-bond donors (Lipinski definition) is 2. The largest absolute Gasteiger partial charge is 0.497 e. The SMILES string of the molecule is COc1ccc(OC)c(C2C(C#N)=C(N)N(c3nnc(SCC(=O)Nc4cccc([N+](=O)[O-])c4)s3)C3=C2C(=O)CCC3)c1. The van der Waals surface area contributed by atoms with E-state index in [1.54, 1.807) is 29.2 Å².